The van der Waals surface area contributed by atoms with Gasteiger partial charge < -0.3 is 9.52 Å². The first-order chi connectivity index (χ1) is 14.5. The predicted molar refractivity (Wildman–Crippen MR) is 107 cm³/mol. The van der Waals surface area contributed by atoms with Gasteiger partial charge >= 0.3 is 0 Å². The van der Waals surface area contributed by atoms with Crippen molar-refractivity contribution >= 4 is 28.7 Å². The molecule has 4 rings (SSSR count). The molecule has 0 bridgehead atoms. The number of nitrogens with zero attached hydrogens (tertiary/aromatic N) is 3. The van der Waals surface area contributed by atoms with Gasteiger partial charge in [0.15, 0.2) is 5.76 Å². The minimum atomic E-state index is -0.766. The fraction of sp³-hybridized carbons (Fsp3) is 0. The lowest BCUT2D eigenvalue weighted by atomic mass is 10.1. The van der Waals surface area contributed by atoms with Crippen molar-refractivity contribution in [2.24, 2.45) is 5.10 Å². The molecule has 2 aromatic heterocycles. The van der Waals surface area contributed by atoms with Gasteiger partial charge in [-0.1, -0.05) is 30.3 Å². The SMILES string of the molecule is O=C(N/N=C\c1ccc([O-])c([N+](=O)[O-])c1)c1cc(-c2ccco2)nc2ccccc12. The predicted octanol–water partition coefficient (Wildman–Crippen LogP) is 3.24. The Bertz CT molecular complexity index is 1280. The fourth-order valence-corrected chi connectivity index (χ4v) is 2.90. The summed E-state index contributed by atoms with van der Waals surface area (Å²) in [6.45, 7) is 0. The van der Waals surface area contributed by atoms with Gasteiger partial charge in [0.2, 0.25) is 0 Å². The smallest absolute Gasteiger partial charge is 0.272 e. The highest BCUT2D eigenvalue weighted by atomic mass is 16.6. The van der Waals surface area contributed by atoms with Crippen molar-refractivity contribution < 1.29 is 19.2 Å². The molecule has 30 heavy (non-hydrogen) atoms. The van der Waals surface area contributed by atoms with Crippen molar-refractivity contribution in [1.29, 1.82) is 0 Å². The van der Waals surface area contributed by atoms with Gasteiger partial charge in [0.1, 0.15) is 5.69 Å². The van der Waals surface area contributed by atoms with E-state index in [1.54, 1.807) is 36.4 Å². The molecule has 0 spiro atoms. The van der Waals surface area contributed by atoms with E-state index in [0.29, 0.717) is 33.5 Å². The largest absolute Gasteiger partial charge is 0.868 e. The summed E-state index contributed by atoms with van der Waals surface area (Å²) in [6, 6.07) is 15.8. The molecule has 148 valence electrons. The first-order valence-corrected chi connectivity index (χ1v) is 8.75. The number of nitro benzene ring substituents is 1. The number of rotatable bonds is 5. The van der Waals surface area contributed by atoms with Crippen LogP contribution in [0.4, 0.5) is 5.69 Å². The van der Waals surface area contributed by atoms with Gasteiger partial charge in [-0.05, 0) is 30.0 Å². The fourth-order valence-electron chi connectivity index (χ4n) is 2.90. The molecule has 1 N–H and O–H groups in total. The maximum absolute atomic E-state index is 12.8. The van der Waals surface area contributed by atoms with Gasteiger partial charge in [-0.25, -0.2) is 10.4 Å². The molecule has 0 unspecified atom stereocenters. The molecular formula is C21H13N4O5-. The van der Waals surface area contributed by atoms with Crippen LogP contribution in [0, 0.1) is 10.1 Å². The highest BCUT2D eigenvalue weighted by Crippen LogP contribution is 2.25. The number of hydrazone groups is 1. The summed E-state index contributed by atoms with van der Waals surface area (Å²) in [5.74, 6) is -0.675. The van der Waals surface area contributed by atoms with Gasteiger partial charge in [0.05, 0.1) is 28.5 Å². The molecule has 0 radical (unpaired) electrons. The van der Waals surface area contributed by atoms with Gasteiger partial charge in [-0.2, -0.15) is 5.10 Å². The third-order valence-corrected chi connectivity index (χ3v) is 4.29. The number of fused-ring (bicyclic) bond motifs is 1. The zero-order valence-electron chi connectivity index (χ0n) is 15.3. The van der Waals surface area contributed by atoms with Crippen LogP contribution < -0.4 is 10.5 Å². The van der Waals surface area contributed by atoms with Crippen LogP contribution in [0.5, 0.6) is 5.75 Å². The Morgan fingerprint density at radius 3 is 2.73 bits per heavy atom. The van der Waals surface area contributed by atoms with Crippen molar-refractivity contribution in [1.82, 2.24) is 10.4 Å². The summed E-state index contributed by atoms with van der Waals surface area (Å²) in [5, 5.41) is 26.8. The topological polar surface area (TPSA) is 134 Å². The Hall–Kier alpha value is -4.53. The van der Waals surface area contributed by atoms with E-state index in [4.69, 9.17) is 4.42 Å². The normalized spacial score (nSPS) is 11.1. The lowest BCUT2D eigenvalue weighted by Crippen LogP contribution is -2.18. The molecule has 0 atom stereocenters. The van der Waals surface area contributed by atoms with Crippen LogP contribution in [0.25, 0.3) is 22.4 Å². The van der Waals surface area contributed by atoms with E-state index in [9.17, 15) is 20.0 Å². The highest BCUT2D eigenvalue weighted by molar-refractivity contribution is 6.07. The number of carbonyl (C=O) groups is 1. The number of carbonyl (C=O) groups excluding carboxylic acids is 1. The zero-order valence-corrected chi connectivity index (χ0v) is 15.3. The Balaban J connectivity index is 1.63. The van der Waals surface area contributed by atoms with Crippen molar-refractivity contribution in [3.05, 3.63) is 88.2 Å². The molecule has 0 saturated carbocycles. The molecule has 9 heteroatoms. The molecule has 1 amide bonds. The first-order valence-electron chi connectivity index (χ1n) is 8.75. The average Bonchev–Trinajstić information content (AvgIpc) is 3.29. The van der Waals surface area contributed by atoms with Crippen LogP contribution >= 0.6 is 0 Å². The molecule has 0 aliphatic rings. The minimum absolute atomic E-state index is 0.303. The van der Waals surface area contributed by atoms with E-state index in [-0.39, 0.29) is 0 Å². The van der Waals surface area contributed by atoms with E-state index in [1.165, 1.54) is 18.5 Å². The second-order valence-corrected chi connectivity index (χ2v) is 6.23. The van der Waals surface area contributed by atoms with Crippen LogP contribution in [0.1, 0.15) is 15.9 Å². The first kappa shape index (κ1) is 18.8. The van der Waals surface area contributed by atoms with Crippen LogP contribution in [0.15, 0.2) is 76.4 Å². The number of benzene rings is 2. The zero-order chi connectivity index (χ0) is 21.1. The van der Waals surface area contributed by atoms with E-state index in [0.717, 1.165) is 12.1 Å². The summed E-state index contributed by atoms with van der Waals surface area (Å²) in [6.07, 6.45) is 2.74. The molecule has 0 aliphatic heterocycles. The summed E-state index contributed by atoms with van der Waals surface area (Å²) in [4.78, 5) is 27.4. The third kappa shape index (κ3) is 3.72. The van der Waals surface area contributed by atoms with E-state index in [1.807, 2.05) is 6.07 Å². The third-order valence-electron chi connectivity index (χ3n) is 4.29. The number of nitrogens with one attached hydrogen (secondary N) is 1. The Labute approximate surface area is 169 Å². The number of para-hydroxylation sites is 1. The molecule has 0 aliphatic carbocycles. The molecule has 4 aromatic rings. The van der Waals surface area contributed by atoms with Gasteiger partial charge in [-0.15, -0.1) is 0 Å². The second kappa shape index (κ2) is 7.84. The lowest BCUT2D eigenvalue weighted by Gasteiger charge is -2.08. The molecule has 2 aromatic carbocycles. The highest BCUT2D eigenvalue weighted by Gasteiger charge is 2.14. The van der Waals surface area contributed by atoms with Gasteiger partial charge in [0, 0.05) is 17.0 Å². The Kier molecular flexibility index (Phi) is 4.92. The molecule has 0 fully saturated rings. The summed E-state index contributed by atoms with van der Waals surface area (Å²) >= 11 is 0. The number of hydrogen-bond donors (Lipinski definition) is 1. The maximum atomic E-state index is 12.8. The van der Waals surface area contributed by atoms with Crippen molar-refractivity contribution in [2.45, 2.75) is 0 Å². The van der Waals surface area contributed by atoms with Gasteiger partial charge in [0.25, 0.3) is 11.6 Å². The number of amides is 1. The van der Waals surface area contributed by atoms with Gasteiger partial charge in [-0.3, -0.25) is 14.9 Å². The minimum Gasteiger partial charge on any atom is -0.868 e. The number of aromatic nitrogens is 1. The lowest BCUT2D eigenvalue weighted by molar-refractivity contribution is -0.398. The number of pyridine rings is 1. The van der Waals surface area contributed by atoms with E-state index < -0.39 is 22.3 Å². The Morgan fingerprint density at radius 2 is 1.97 bits per heavy atom. The number of furan rings is 1. The summed E-state index contributed by atoms with van der Waals surface area (Å²) < 4.78 is 5.38. The monoisotopic (exact) mass is 401 g/mol. The van der Waals surface area contributed by atoms with Crippen molar-refractivity contribution in [2.75, 3.05) is 0 Å². The summed E-state index contributed by atoms with van der Waals surface area (Å²) in [5.41, 5.74) is 3.59. The van der Waals surface area contributed by atoms with Crippen LogP contribution in [0.3, 0.4) is 0 Å². The quantitative estimate of drug-likeness (QED) is 0.310. The molecule has 9 nitrogen and oxygen atoms in total. The van der Waals surface area contributed by atoms with Crippen LogP contribution in [-0.4, -0.2) is 22.0 Å². The number of hydrogen-bond acceptors (Lipinski definition) is 7. The Morgan fingerprint density at radius 1 is 1.13 bits per heavy atom. The number of nitro groups is 1. The van der Waals surface area contributed by atoms with E-state index >= 15 is 0 Å². The second-order valence-electron chi connectivity index (χ2n) is 6.23. The summed E-state index contributed by atoms with van der Waals surface area (Å²) in [7, 11) is 0. The van der Waals surface area contributed by atoms with Crippen LogP contribution in [0.2, 0.25) is 0 Å². The standard InChI is InChI=1S/C21H14N4O5/c26-19-8-7-13(10-18(19)25(28)29)12-22-24-21(27)15-11-17(20-6-3-9-30-20)23-16-5-2-1-4-14(15)16/h1-12,26H,(H,24,27)/p-1/b22-12-. The average molecular weight is 401 g/mol. The van der Waals surface area contributed by atoms with Crippen molar-refractivity contribution in [3.8, 4) is 17.2 Å². The van der Waals surface area contributed by atoms with E-state index in [2.05, 4.69) is 15.5 Å². The van der Waals surface area contributed by atoms with Crippen molar-refractivity contribution in [3.63, 3.8) is 0 Å². The maximum Gasteiger partial charge on any atom is 0.272 e. The molecule has 0 saturated heterocycles. The van der Waals surface area contributed by atoms with Crippen LogP contribution in [-0.2, 0) is 0 Å². The molecular weight excluding hydrogens is 388 g/mol. The molecule has 2 heterocycles.